The van der Waals surface area contributed by atoms with Gasteiger partial charge < -0.3 is 4.98 Å². The van der Waals surface area contributed by atoms with Crippen molar-refractivity contribution in [2.75, 3.05) is 0 Å². The van der Waals surface area contributed by atoms with Crippen LogP contribution in [0.3, 0.4) is 0 Å². The number of aryl methyl sites for hydroxylation is 2. The first-order chi connectivity index (χ1) is 8.24. The number of hydrogen-bond acceptors (Lipinski definition) is 2. The topological polar surface area (TPSA) is 41.6 Å². The molecule has 0 aliphatic carbocycles. The Morgan fingerprint density at radius 2 is 1.94 bits per heavy atom. The van der Waals surface area contributed by atoms with E-state index in [1.54, 1.807) is 0 Å². The van der Waals surface area contributed by atoms with Gasteiger partial charge in [-0.15, -0.1) is 0 Å². The van der Waals surface area contributed by atoms with E-state index in [2.05, 4.69) is 27.9 Å². The SMILES string of the molecule is Cc1ccc(-c2nc3c(C)cccc3[nH]2)cn1. The normalized spacial score (nSPS) is 10.9. The van der Waals surface area contributed by atoms with Crippen LogP contribution in [0.1, 0.15) is 11.3 Å². The fourth-order valence-electron chi connectivity index (χ4n) is 1.92. The Kier molecular flexibility index (Phi) is 2.18. The van der Waals surface area contributed by atoms with E-state index in [-0.39, 0.29) is 0 Å². The van der Waals surface area contributed by atoms with Crippen LogP contribution in [0, 0.1) is 13.8 Å². The van der Waals surface area contributed by atoms with Crippen LogP contribution in [-0.2, 0) is 0 Å². The summed E-state index contributed by atoms with van der Waals surface area (Å²) in [6.07, 6.45) is 1.85. The monoisotopic (exact) mass is 223 g/mol. The minimum Gasteiger partial charge on any atom is -0.338 e. The second-order valence-corrected chi connectivity index (χ2v) is 4.24. The van der Waals surface area contributed by atoms with Gasteiger partial charge in [0.1, 0.15) is 5.82 Å². The molecule has 0 saturated heterocycles. The average Bonchev–Trinajstić information content (AvgIpc) is 2.75. The molecule has 0 saturated carbocycles. The molecule has 0 radical (unpaired) electrons. The molecule has 2 heterocycles. The number of nitrogens with zero attached hydrogens (tertiary/aromatic N) is 2. The highest BCUT2D eigenvalue weighted by atomic mass is 14.9. The van der Waals surface area contributed by atoms with Crippen LogP contribution in [-0.4, -0.2) is 15.0 Å². The Morgan fingerprint density at radius 3 is 2.65 bits per heavy atom. The third-order valence-corrected chi connectivity index (χ3v) is 2.90. The van der Waals surface area contributed by atoms with Crippen molar-refractivity contribution in [1.82, 2.24) is 15.0 Å². The number of pyridine rings is 1. The highest BCUT2D eigenvalue weighted by Crippen LogP contribution is 2.21. The summed E-state index contributed by atoms with van der Waals surface area (Å²) in [6, 6.07) is 10.2. The van der Waals surface area contributed by atoms with Crippen molar-refractivity contribution >= 4 is 11.0 Å². The number of imidazole rings is 1. The molecular weight excluding hydrogens is 210 g/mol. The van der Waals surface area contributed by atoms with Crippen molar-refractivity contribution in [1.29, 1.82) is 0 Å². The Labute approximate surface area is 99.5 Å². The Balaban J connectivity index is 2.18. The highest BCUT2D eigenvalue weighted by Gasteiger charge is 2.06. The molecule has 2 aromatic heterocycles. The minimum absolute atomic E-state index is 0.877. The molecule has 3 nitrogen and oxygen atoms in total. The molecule has 0 aliphatic heterocycles. The van der Waals surface area contributed by atoms with Crippen LogP contribution in [0.25, 0.3) is 22.4 Å². The van der Waals surface area contributed by atoms with Crippen LogP contribution in [0.15, 0.2) is 36.5 Å². The first-order valence-corrected chi connectivity index (χ1v) is 5.62. The molecule has 0 spiro atoms. The van der Waals surface area contributed by atoms with Crippen LogP contribution < -0.4 is 0 Å². The maximum Gasteiger partial charge on any atom is 0.140 e. The van der Waals surface area contributed by atoms with E-state index in [0.717, 1.165) is 28.1 Å². The molecular formula is C14H13N3. The summed E-state index contributed by atoms with van der Waals surface area (Å²) in [5.41, 5.74) is 5.32. The van der Waals surface area contributed by atoms with E-state index >= 15 is 0 Å². The van der Waals surface area contributed by atoms with Gasteiger partial charge in [0.25, 0.3) is 0 Å². The largest absolute Gasteiger partial charge is 0.338 e. The molecule has 3 rings (SSSR count). The Bertz CT molecular complexity index is 666. The number of aromatic nitrogens is 3. The molecule has 84 valence electrons. The number of para-hydroxylation sites is 1. The van der Waals surface area contributed by atoms with Crippen molar-refractivity contribution in [3.05, 3.63) is 47.8 Å². The van der Waals surface area contributed by atoms with Gasteiger partial charge in [-0.25, -0.2) is 4.98 Å². The zero-order chi connectivity index (χ0) is 11.8. The Morgan fingerprint density at radius 1 is 1.06 bits per heavy atom. The molecule has 1 aromatic carbocycles. The molecule has 0 fully saturated rings. The third-order valence-electron chi connectivity index (χ3n) is 2.90. The fraction of sp³-hybridized carbons (Fsp3) is 0.143. The van der Waals surface area contributed by atoms with E-state index < -0.39 is 0 Å². The maximum atomic E-state index is 4.62. The van der Waals surface area contributed by atoms with Gasteiger partial charge in [0.05, 0.1) is 11.0 Å². The molecule has 17 heavy (non-hydrogen) atoms. The summed E-state index contributed by atoms with van der Waals surface area (Å²) in [7, 11) is 0. The van der Waals surface area contributed by atoms with Crippen LogP contribution in [0.4, 0.5) is 0 Å². The lowest BCUT2D eigenvalue weighted by Crippen LogP contribution is -1.84. The van der Waals surface area contributed by atoms with Gasteiger partial charge in [-0.3, -0.25) is 4.98 Å². The van der Waals surface area contributed by atoms with E-state index in [0.29, 0.717) is 0 Å². The van der Waals surface area contributed by atoms with Gasteiger partial charge in [0.2, 0.25) is 0 Å². The second-order valence-electron chi connectivity index (χ2n) is 4.24. The predicted molar refractivity (Wildman–Crippen MR) is 68.8 cm³/mol. The highest BCUT2D eigenvalue weighted by molar-refractivity contribution is 5.82. The summed E-state index contributed by atoms with van der Waals surface area (Å²) in [6.45, 7) is 4.05. The van der Waals surface area contributed by atoms with Gasteiger partial charge in [0.15, 0.2) is 0 Å². The zero-order valence-electron chi connectivity index (χ0n) is 9.86. The van der Waals surface area contributed by atoms with E-state index in [1.165, 1.54) is 5.56 Å². The average molecular weight is 223 g/mol. The molecule has 0 bridgehead atoms. The first-order valence-electron chi connectivity index (χ1n) is 5.62. The van der Waals surface area contributed by atoms with Crippen molar-refractivity contribution in [2.45, 2.75) is 13.8 Å². The van der Waals surface area contributed by atoms with Crippen molar-refractivity contribution in [2.24, 2.45) is 0 Å². The lowest BCUT2D eigenvalue weighted by molar-refractivity contribution is 1.19. The third kappa shape index (κ3) is 1.69. The van der Waals surface area contributed by atoms with E-state index in [9.17, 15) is 0 Å². The van der Waals surface area contributed by atoms with Crippen LogP contribution in [0.2, 0.25) is 0 Å². The van der Waals surface area contributed by atoms with Crippen molar-refractivity contribution < 1.29 is 0 Å². The van der Waals surface area contributed by atoms with E-state index in [1.807, 2.05) is 37.4 Å². The quantitative estimate of drug-likeness (QED) is 0.688. The summed E-state index contributed by atoms with van der Waals surface area (Å²) in [5, 5.41) is 0. The summed E-state index contributed by atoms with van der Waals surface area (Å²) in [4.78, 5) is 12.2. The standard InChI is InChI=1S/C14H13N3/c1-9-4-3-5-12-13(9)17-14(16-12)11-7-6-10(2)15-8-11/h3-8H,1-2H3,(H,16,17). The van der Waals surface area contributed by atoms with Crippen LogP contribution in [0.5, 0.6) is 0 Å². The summed E-state index contributed by atoms with van der Waals surface area (Å²) >= 11 is 0. The number of H-pyrrole nitrogens is 1. The summed E-state index contributed by atoms with van der Waals surface area (Å²) < 4.78 is 0. The van der Waals surface area contributed by atoms with Crippen LogP contribution >= 0.6 is 0 Å². The molecule has 3 aromatic rings. The van der Waals surface area contributed by atoms with Gasteiger partial charge >= 0.3 is 0 Å². The molecule has 3 heteroatoms. The lowest BCUT2D eigenvalue weighted by Gasteiger charge is -1.95. The summed E-state index contributed by atoms with van der Waals surface area (Å²) in [5.74, 6) is 0.877. The van der Waals surface area contributed by atoms with E-state index in [4.69, 9.17) is 0 Å². The second kappa shape index (κ2) is 3.70. The number of aromatic amines is 1. The minimum atomic E-state index is 0.877. The molecule has 0 unspecified atom stereocenters. The molecule has 1 N–H and O–H groups in total. The lowest BCUT2D eigenvalue weighted by atomic mass is 10.2. The maximum absolute atomic E-state index is 4.62. The number of hydrogen-bond donors (Lipinski definition) is 1. The number of fused-ring (bicyclic) bond motifs is 1. The fourth-order valence-corrected chi connectivity index (χ4v) is 1.92. The van der Waals surface area contributed by atoms with Gasteiger partial charge in [-0.05, 0) is 37.6 Å². The van der Waals surface area contributed by atoms with Gasteiger partial charge in [-0.1, -0.05) is 12.1 Å². The predicted octanol–water partition coefficient (Wildman–Crippen LogP) is 3.24. The molecule has 0 aliphatic rings. The molecule has 0 amide bonds. The van der Waals surface area contributed by atoms with Crippen molar-refractivity contribution in [3.63, 3.8) is 0 Å². The van der Waals surface area contributed by atoms with Gasteiger partial charge in [-0.2, -0.15) is 0 Å². The Hall–Kier alpha value is -2.16. The first kappa shape index (κ1) is 10.0. The smallest absolute Gasteiger partial charge is 0.140 e. The number of nitrogens with one attached hydrogen (secondary N) is 1. The van der Waals surface area contributed by atoms with Crippen molar-refractivity contribution in [3.8, 4) is 11.4 Å². The number of rotatable bonds is 1. The van der Waals surface area contributed by atoms with Gasteiger partial charge in [0, 0.05) is 17.5 Å². The zero-order valence-corrected chi connectivity index (χ0v) is 9.86. The molecule has 0 atom stereocenters. The number of benzene rings is 1.